The highest BCUT2D eigenvalue weighted by molar-refractivity contribution is 5.65. The van der Waals surface area contributed by atoms with Gasteiger partial charge in [0, 0.05) is 11.8 Å². The summed E-state index contributed by atoms with van der Waals surface area (Å²) in [5, 5.41) is 3.12. The first-order chi connectivity index (χ1) is 11.2. The predicted octanol–water partition coefficient (Wildman–Crippen LogP) is 3.62. The number of anilines is 3. The molecule has 23 heavy (non-hydrogen) atoms. The lowest BCUT2D eigenvalue weighted by molar-refractivity contribution is 0.415. The van der Waals surface area contributed by atoms with Gasteiger partial charge in [-0.1, -0.05) is 12.1 Å². The molecule has 0 bridgehead atoms. The number of aromatic nitrogens is 2. The van der Waals surface area contributed by atoms with Crippen LogP contribution in [0.4, 0.5) is 21.7 Å². The van der Waals surface area contributed by atoms with Crippen LogP contribution < -0.4 is 15.8 Å². The Bertz CT molecular complexity index is 821. The zero-order chi connectivity index (χ0) is 16.2. The van der Waals surface area contributed by atoms with Crippen molar-refractivity contribution in [2.75, 3.05) is 18.2 Å². The van der Waals surface area contributed by atoms with E-state index < -0.39 is 5.82 Å². The minimum Gasteiger partial charge on any atom is -0.497 e. The van der Waals surface area contributed by atoms with E-state index in [1.54, 1.807) is 31.4 Å². The molecule has 0 amide bonds. The van der Waals surface area contributed by atoms with Gasteiger partial charge in [-0.2, -0.15) is 0 Å². The number of nitrogens with two attached hydrogens (primary N) is 1. The summed E-state index contributed by atoms with van der Waals surface area (Å²) in [6.45, 7) is 0. The van der Waals surface area contributed by atoms with E-state index in [4.69, 9.17) is 10.5 Å². The predicted molar refractivity (Wildman–Crippen MR) is 88.1 cm³/mol. The van der Waals surface area contributed by atoms with Gasteiger partial charge in [-0.15, -0.1) is 0 Å². The maximum atomic E-state index is 13.9. The number of nitrogen functional groups attached to an aromatic ring is 1. The molecule has 5 nitrogen and oxygen atoms in total. The van der Waals surface area contributed by atoms with E-state index in [0.29, 0.717) is 11.4 Å². The van der Waals surface area contributed by atoms with E-state index in [1.807, 2.05) is 24.3 Å². The van der Waals surface area contributed by atoms with Crippen molar-refractivity contribution in [2.24, 2.45) is 0 Å². The average Bonchev–Trinajstić information content (AvgIpc) is 2.55. The molecule has 1 heterocycles. The maximum Gasteiger partial charge on any atom is 0.166 e. The van der Waals surface area contributed by atoms with Gasteiger partial charge in [0.05, 0.1) is 12.7 Å². The molecular formula is C17H15FN4O. The molecule has 0 saturated heterocycles. The van der Waals surface area contributed by atoms with Crippen molar-refractivity contribution < 1.29 is 9.13 Å². The molecule has 0 unspecified atom stereocenters. The summed E-state index contributed by atoms with van der Waals surface area (Å²) >= 11 is 0. The number of hydrogen-bond acceptors (Lipinski definition) is 5. The molecule has 0 aliphatic heterocycles. The van der Waals surface area contributed by atoms with Crippen molar-refractivity contribution in [1.29, 1.82) is 0 Å². The van der Waals surface area contributed by atoms with Crippen LogP contribution in [0.3, 0.4) is 0 Å². The van der Waals surface area contributed by atoms with Gasteiger partial charge in [-0.05, 0) is 36.4 Å². The fourth-order valence-corrected chi connectivity index (χ4v) is 2.12. The van der Waals surface area contributed by atoms with Gasteiger partial charge in [-0.3, -0.25) is 0 Å². The van der Waals surface area contributed by atoms with Crippen LogP contribution in [0.15, 0.2) is 54.6 Å². The molecule has 0 radical (unpaired) electrons. The van der Waals surface area contributed by atoms with Crippen LogP contribution in [0.25, 0.3) is 11.4 Å². The standard InChI is InChI=1S/C17H15FN4O/c1-23-12-8-6-11(7-9-12)20-16-10-15(19)21-17(22-16)13-4-2-3-5-14(13)18/h2-10H,1H3,(H3,19,20,21,22). The zero-order valence-electron chi connectivity index (χ0n) is 12.5. The number of halogens is 1. The quantitative estimate of drug-likeness (QED) is 0.770. The van der Waals surface area contributed by atoms with Crippen LogP contribution in [0.5, 0.6) is 5.75 Å². The third-order valence-corrected chi connectivity index (χ3v) is 3.22. The Morgan fingerprint density at radius 2 is 1.78 bits per heavy atom. The Morgan fingerprint density at radius 3 is 2.48 bits per heavy atom. The smallest absolute Gasteiger partial charge is 0.166 e. The summed E-state index contributed by atoms with van der Waals surface area (Å²) in [7, 11) is 1.61. The lowest BCUT2D eigenvalue weighted by Gasteiger charge is -2.09. The SMILES string of the molecule is COc1ccc(Nc2cc(N)nc(-c3ccccc3F)n2)cc1. The highest BCUT2D eigenvalue weighted by Crippen LogP contribution is 2.24. The fourth-order valence-electron chi connectivity index (χ4n) is 2.12. The van der Waals surface area contributed by atoms with Crippen LogP contribution in [-0.4, -0.2) is 17.1 Å². The zero-order valence-corrected chi connectivity index (χ0v) is 12.5. The minimum atomic E-state index is -0.395. The first-order valence-corrected chi connectivity index (χ1v) is 6.96. The molecule has 6 heteroatoms. The van der Waals surface area contributed by atoms with E-state index in [-0.39, 0.29) is 11.6 Å². The molecule has 1 aromatic heterocycles. The summed E-state index contributed by atoms with van der Waals surface area (Å²) in [6, 6.07) is 15.2. The summed E-state index contributed by atoms with van der Waals surface area (Å²) in [6.07, 6.45) is 0. The number of ether oxygens (including phenoxy) is 1. The van der Waals surface area contributed by atoms with Crippen molar-refractivity contribution in [2.45, 2.75) is 0 Å². The number of hydrogen-bond donors (Lipinski definition) is 2. The largest absolute Gasteiger partial charge is 0.497 e. The lowest BCUT2D eigenvalue weighted by atomic mass is 10.2. The molecule has 0 aliphatic rings. The summed E-state index contributed by atoms with van der Waals surface area (Å²) in [5.74, 6) is 1.34. The molecule has 3 rings (SSSR count). The number of rotatable bonds is 4. The first-order valence-electron chi connectivity index (χ1n) is 6.96. The lowest BCUT2D eigenvalue weighted by Crippen LogP contribution is -2.01. The van der Waals surface area contributed by atoms with E-state index in [0.717, 1.165) is 11.4 Å². The summed E-state index contributed by atoms with van der Waals surface area (Å²) in [5.41, 5.74) is 6.92. The van der Waals surface area contributed by atoms with Gasteiger partial charge in [0.1, 0.15) is 23.2 Å². The van der Waals surface area contributed by atoms with Crippen LogP contribution in [0.2, 0.25) is 0 Å². The van der Waals surface area contributed by atoms with E-state index >= 15 is 0 Å². The maximum absolute atomic E-state index is 13.9. The van der Waals surface area contributed by atoms with E-state index in [2.05, 4.69) is 15.3 Å². The van der Waals surface area contributed by atoms with Crippen molar-refractivity contribution in [3.8, 4) is 17.1 Å². The number of methoxy groups -OCH3 is 1. The second kappa shape index (κ2) is 6.31. The Balaban J connectivity index is 1.92. The average molecular weight is 310 g/mol. The van der Waals surface area contributed by atoms with Crippen molar-refractivity contribution in [1.82, 2.24) is 9.97 Å². The molecular weight excluding hydrogens is 295 g/mol. The number of benzene rings is 2. The van der Waals surface area contributed by atoms with Crippen LogP contribution in [0.1, 0.15) is 0 Å². The van der Waals surface area contributed by atoms with Crippen LogP contribution in [-0.2, 0) is 0 Å². The molecule has 0 saturated carbocycles. The second-order valence-corrected chi connectivity index (χ2v) is 4.84. The van der Waals surface area contributed by atoms with Gasteiger partial charge in [0.2, 0.25) is 0 Å². The highest BCUT2D eigenvalue weighted by atomic mass is 19.1. The normalized spacial score (nSPS) is 10.3. The topological polar surface area (TPSA) is 73.1 Å². The van der Waals surface area contributed by atoms with Crippen molar-refractivity contribution in [3.05, 3.63) is 60.4 Å². The Hall–Kier alpha value is -3.15. The van der Waals surface area contributed by atoms with Gasteiger partial charge in [-0.25, -0.2) is 14.4 Å². The van der Waals surface area contributed by atoms with Crippen molar-refractivity contribution >= 4 is 17.3 Å². The van der Waals surface area contributed by atoms with E-state index in [9.17, 15) is 4.39 Å². The molecule has 3 N–H and O–H groups in total. The fraction of sp³-hybridized carbons (Fsp3) is 0.0588. The second-order valence-electron chi connectivity index (χ2n) is 4.84. The molecule has 3 aromatic rings. The Morgan fingerprint density at radius 1 is 1.04 bits per heavy atom. The van der Waals surface area contributed by atoms with Crippen molar-refractivity contribution in [3.63, 3.8) is 0 Å². The molecule has 0 fully saturated rings. The molecule has 0 aliphatic carbocycles. The monoisotopic (exact) mass is 310 g/mol. The van der Waals surface area contributed by atoms with Gasteiger partial charge >= 0.3 is 0 Å². The van der Waals surface area contributed by atoms with Gasteiger partial charge < -0.3 is 15.8 Å². The van der Waals surface area contributed by atoms with Crippen LogP contribution >= 0.6 is 0 Å². The highest BCUT2D eigenvalue weighted by Gasteiger charge is 2.10. The first kappa shape index (κ1) is 14.8. The molecule has 0 atom stereocenters. The molecule has 2 aromatic carbocycles. The minimum absolute atomic E-state index is 0.235. The summed E-state index contributed by atoms with van der Waals surface area (Å²) < 4.78 is 19.0. The van der Waals surface area contributed by atoms with E-state index in [1.165, 1.54) is 6.07 Å². The third kappa shape index (κ3) is 3.37. The Labute approximate surface area is 133 Å². The summed E-state index contributed by atoms with van der Waals surface area (Å²) in [4.78, 5) is 8.43. The van der Waals surface area contributed by atoms with Gasteiger partial charge in [0.25, 0.3) is 0 Å². The molecule has 116 valence electrons. The van der Waals surface area contributed by atoms with Gasteiger partial charge in [0.15, 0.2) is 5.82 Å². The number of nitrogens with one attached hydrogen (secondary N) is 1. The number of nitrogens with zero attached hydrogens (tertiary/aromatic N) is 2. The Kier molecular flexibility index (Phi) is 4.05. The third-order valence-electron chi connectivity index (χ3n) is 3.22. The molecule has 0 spiro atoms. The van der Waals surface area contributed by atoms with Crippen LogP contribution in [0, 0.1) is 5.82 Å².